The molecular formula is C21H27N3O3. The Labute approximate surface area is 159 Å². The number of benzene rings is 1. The van der Waals surface area contributed by atoms with Gasteiger partial charge in [0.2, 0.25) is 0 Å². The van der Waals surface area contributed by atoms with Gasteiger partial charge in [0.25, 0.3) is 5.91 Å². The number of anilines is 1. The van der Waals surface area contributed by atoms with E-state index >= 15 is 0 Å². The van der Waals surface area contributed by atoms with Crippen molar-refractivity contribution in [1.82, 2.24) is 10.2 Å². The highest BCUT2D eigenvalue weighted by atomic mass is 16.3. The zero-order chi connectivity index (χ0) is 19.1. The monoisotopic (exact) mass is 369 g/mol. The molecule has 3 amide bonds. The molecule has 0 bridgehead atoms. The summed E-state index contributed by atoms with van der Waals surface area (Å²) in [6.45, 7) is 4.39. The Bertz CT molecular complexity index is 741. The van der Waals surface area contributed by atoms with Crippen molar-refractivity contribution < 1.29 is 14.0 Å². The van der Waals surface area contributed by atoms with E-state index in [9.17, 15) is 9.59 Å². The minimum Gasteiger partial charge on any atom is -0.469 e. The average molecular weight is 369 g/mol. The van der Waals surface area contributed by atoms with Crippen molar-refractivity contribution in [2.45, 2.75) is 32.6 Å². The first kappa shape index (κ1) is 19.0. The molecule has 1 atom stereocenters. The van der Waals surface area contributed by atoms with Crippen molar-refractivity contribution in [3.8, 4) is 0 Å². The van der Waals surface area contributed by atoms with Gasteiger partial charge in [-0.15, -0.1) is 0 Å². The van der Waals surface area contributed by atoms with Gasteiger partial charge in [-0.3, -0.25) is 4.79 Å². The summed E-state index contributed by atoms with van der Waals surface area (Å²) in [4.78, 5) is 26.4. The molecule has 1 aromatic heterocycles. The van der Waals surface area contributed by atoms with Crippen LogP contribution >= 0.6 is 0 Å². The lowest BCUT2D eigenvalue weighted by molar-refractivity contribution is 0.0683. The Hall–Kier alpha value is -2.76. The van der Waals surface area contributed by atoms with Crippen molar-refractivity contribution in [2.24, 2.45) is 5.92 Å². The fraction of sp³-hybridized carbons (Fsp3) is 0.429. The maximum absolute atomic E-state index is 12.6. The van der Waals surface area contributed by atoms with E-state index < -0.39 is 0 Å². The second-order valence-corrected chi connectivity index (χ2v) is 7.14. The van der Waals surface area contributed by atoms with Crippen LogP contribution in [0.2, 0.25) is 0 Å². The molecule has 0 aliphatic carbocycles. The normalized spacial score (nSPS) is 16.8. The minimum absolute atomic E-state index is 0.0653. The van der Waals surface area contributed by atoms with Crippen LogP contribution in [0.15, 0.2) is 47.1 Å². The van der Waals surface area contributed by atoms with Gasteiger partial charge in [-0.1, -0.05) is 6.92 Å². The number of likely N-dealkylation sites (tertiary alicyclic amines) is 1. The first-order chi connectivity index (χ1) is 13.1. The predicted octanol–water partition coefficient (Wildman–Crippen LogP) is 3.91. The second-order valence-electron chi connectivity index (χ2n) is 7.14. The molecule has 0 saturated carbocycles. The van der Waals surface area contributed by atoms with Gasteiger partial charge in [0.1, 0.15) is 5.76 Å². The SMILES string of the molecule is C[C@@H]1CCCN(C(=O)c2ccc(NC(=O)NCCCc3ccco3)cc2)C1. The van der Waals surface area contributed by atoms with E-state index in [-0.39, 0.29) is 11.9 Å². The Morgan fingerprint density at radius 1 is 1.22 bits per heavy atom. The molecule has 1 fully saturated rings. The molecular weight excluding hydrogens is 342 g/mol. The van der Waals surface area contributed by atoms with E-state index in [1.54, 1.807) is 30.5 Å². The van der Waals surface area contributed by atoms with Gasteiger partial charge in [-0.25, -0.2) is 4.79 Å². The molecule has 3 rings (SSSR count). The van der Waals surface area contributed by atoms with Gasteiger partial charge in [-0.2, -0.15) is 0 Å². The zero-order valence-corrected chi connectivity index (χ0v) is 15.7. The maximum Gasteiger partial charge on any atom is 0.319 e. The standard InChI is InChI=1S/C21H27N3O3/c1-16-5-3-13-24(15-16)20(25)17-8-10-18(11-9-17)23-21(26)22-12-2-6-19-7-4-14-27-19/h4,7-11,14,16H,2-3,5-6,12-13,15H2,1H3,(H2,22,23,26)/t16-/m1/s1. The van der Waals surface area contributed by atoms with Gasteiger partial charge in [-0.05, 0) is 61.6 Å². The minimum atomic E-state index is -0.252. The molecule has 2 heterocycles. The molecule has 27 heavy (non-hydrogen) atoms. The van der Waals surface area contributed by atoms with Crippen LogP contribution in [-0.4, -0.2) is 36.5 Å². The summed E-state index contributed by atoms with van der Waals surface area (Å²) in [5.41, 5.74) is 1.33. The number of amides is 3. The van der Waals surface area contributed by atoms with Crippen molar-refractivity contribution in [3.05, 3.63) is 54.0 Å². The highest BCUT2D eigenvalue weighted by molar-refractivity contribution is 5.95. The number of hydrogen-bond donors (Lipinski definition) is 2. The average Bonchev–Trinajstić information content (AvgIpc) is 3.19. The number of carbonyl (C=O) groups excluding carboxylic acids is 2. The van der Waals surface area contributed by atoms with Gasteiger partial charge < -0.3 is 20.0 Å². The number of carbonyl (C=O) groups is 2. The summed E-state index contributed by atoms with van der Waals surface area (Å²) >= 11 is 0. The Kier molecular flexibility index (Phi) is 6.52. The van der Waals surface area contributed by atoms with Crippen LogP contribution in [0, 0.1) is 5.92 Å². The lowest BCUT2D eigenvalue weighted by atomic mass is 9.99. The third kappa shape index (κ3) is 5.61. The molecule has 2 N–H and O–H groups in total. The van der Waals surface area contributed by atoms with Crippen LogP contribution in [-0.2, 0) is 6.42 Å². The quantitative estimate of drug-likeness (QED) is 0.758. The number of piperidine rings is 1. The summed E-state index contributed by atoms with van der Waals surface area (Å²) < 4.78 is 5.26. The molecule has 1 saturated heterocycles. The summed E-state index contributed by atoms with van der Waals surface area (Å²) in [5.74, 6) is 1.54. The topological polar surface area (TPSA) is 74.6 Å². The summed E-state index contributed by atoms with van der Waals surface area (Å²) in [7, 11) is 0. The molecule has 1 aliphatic rings. The Balaban J connectivity index is 1.42. The van der Waals surface area contributed by atoms with Crippen LogP contribution in [0.4, 0.5) is 10.5 Å². The molecule has 1 aromatic carbocycles. The van der Waals surface area contributed by atoms with E-state index in [1.165, 1.54) is 6.42 Å². The second kappa shape index (κ2) is 9.26. The van der Waals surface area contributed by atoms with E-state index in [1.807, 2.05) is 17.0 Å². The molecule has 6 heteroatoms. The molecule has 1 aliphatic heterocycles. The highest BCUT2D eigenvalue weighted by Gasteiger charge is 2.21. The predicted molar refractivity (Wildman–Crippen MR) is 105 cm³/mol. The smallest absolute Gasteiger partial charge is 0.319 e. The van der Waals surface area contributed by atoms with Crippen molar-refractivity contribution in [2.75, 3.05) is 25.0 Å². The zero-order valence-electron chi connectivity index (χ0n) is 15.7. The number of rotatable bonds is 6. The fourth-order valence-corrected chi connectivity index (χ4v) is 3.35. The van der Waals surface area contributed by atoms with Crippen LogP contribution in [0.3, 0.4) is 0 Å². The van der Waals surface area contributed by atoms with Crippen LogP contribution < -0.4 is 10.6 Å². The number of nitrogens with one attached hydrogen (secondary N) is 2. The third-order valence-electron chi connectivity index (χ3n) is 4.80. The first-order valence-electron chi connectivity index (χ1n) is 9.58. The van der Waals surface area contributed by atoms with Crippen molar-refractivity contribution in [3.63, 3.8) is 0 Å². The molecule has 6 nitrogen and oxygen atoms in total. The van der Waals surface area contributed by atoms with Gasteiger partial charge in [0, 0.05) is 37.3 Å². The molecule has 2 aromatic rings. The number of furan rings is 1. The summed E-state index contributed by atoms with van der Waals surface area (Å²) in [5, 5.41) is 5.61. The molecule has 0 spiro atoms. The maximum atomic E-state index is 12.6. The number of hydrogen-bond acceptors (Lipinski definition) is 3. The van der Waals surface area contributed by atoms with E-state index in [2.05, 4.69) is 17.6 Å². The molecule has 0 radical (unpaired) electrons. The highest BCUT2D eigenvalue weighted by Crippen LogP contribution is 2.19. The lowest BCUT2D eigenvalue weighted by Gasteiger charge is -2.31. The number of urea groups is 1. The number of aryl methyl sites for hydroxylation is 1. The van der Waals surface area contributed by atoms with Crippen LogP contribution in [0.1, 0.15) is 42.3 Å². The van der Waals surface area contributed by atoms with Crippen LogP contribution in [0.5, 0.6) is 0 Å². The Morgan fingerprint density at radius 3 is 2.74 bits per heavy atom. The third-order valence-corrected chi connectivity index (χ3v) is 4.80. The van der Waals surface area contributed by atoms with Crippen molar-refractivity contribution in [1.29, 1.82) is 0 Å². The lowest BCUT2D eigenvalue weighted by Crippen LogP contribution is -2.39. The Morgan fingerprint density at radius 2 is 2.04 bits per heavy atom. The van der Waals surface area contributed by atoms with Crippen LogP contribution in [0.25, 0.3) is 0 Å². The van der Waals surface area contributed by atoms with Gasteiger partial charge >= 0.3 is 6.03 Å². The molecule has 144 valence electrons. The van der Waals surface area contributed by atoms with E-state index in [0.29, 0.717) is 23.7 Å². The molecule has 0 unspecified atom stereocenters. The largest absolute Gasteiger partial charge is 0.469 e. The van der Waals surface area contributed by atoms with Crippen molar-refractivity contribution >= 4 is 17.6 Å². The van der Waals surface area contributed by atoms with Gasteiger partial charge in [0.15, 0.2) is 0 Å². The fourth-order valence-electron chi connectivity index (χ4n) is 3.35. The summed E-state index contributed by atoms with van der Waals surface area (Å²) in [6, 6.07) is 10.6. The summed E-state index contributed by atoms with van der Waals surface area (Å²) in [6.07, 6.45) is 5.49. The van der Waals surface area contributed by atoms with Gasteiger partial charge in [0.05, 0.1) is 6.26 Å². The van der Waals surface area contributed by atoms with E-state index in [4.69, 9.17) is 4.42 Å². The number of nitrogens with zero attached hydrogens (tertiary/aromatic N) is 1. The van der Waals surface area contributed by atoms with E-state index in [0.717, 1.165) is 38.1 Å². The first-order valence-corrected chi connectivity index (χ1v) is 9.58.